The first-order chi connectivity index (χ1) is 15.9. The standard InChI is InChI=1S/C31H54NO2/c1-21(2)9-8-10-22(3)25-13-14-26-24-12-11-23-19-31(32(33)28(4,5)20-34-31)18-17-29(23,6)27(24)15-16-30(25,26)7/h21-27H,8-20H2,1-7H3/t22-,23+,24+,25-,26+,27+,29+,30-,31+/m1/s1. The van der Waals surface area contributed by atoms with Gasteiger partial charge in [0.25, 0.3) is 0 Å². The highest BCUT2D eigenvalue weighted by Gasteiger charge is 2.64. The van der Waals surface area contributed by atoms with Crippen LogP contribution in [0.3, 0.4) is 0 Å². The summed E-state index contributed by atoms with van der Waals surface area (Å²) in [6.07, 6.45) is 15.9. The zero-order valence-electron chi connectivity index (χ0n) is 23.5. The normalized spacial score (nSPS) is 49.1. The third-order valence-corrected chi connectivity index (χ3v) is 12.5. The van der Waals surface area contributed by atoms with Crippen LogP contribution in [-0.2, 0) is 9.94 Å². The van der Waals surface area contributed by atoms with Gasteiger partial charge in [0, 0.05) is 0 Å². The van der Waals surface area contributed by atoms with Gasteiger partial charge in [-0.15, -0.1) is 10.3 Å². The van der Waals surface area contributed by atoms with Crippen molar-refractivity contribution in [3.8, 4) is 0 Å². The lowest BCUT2D eigenvalue weighted by molar-refractivity contribution is -0.315. The predicted octanol–water partition coefficient (Wildman–Crippen LogP) is 8.26. The summed E-state index contributed by atoms with van der Waals surface area (Å²) in [5.41, 5.74) is 0.0746. The summed E-state index contributed by atoms with van der Waals surface area (Å²) < 4.78 is 6.33. The molecule has 4 saturated carbocycles. The van der Waals surface area contributed by atoms with Crippen LogP contribution in [0.15, 0.2) is 0 Å². The van der Waals surface area contributed by atoms with Gasteiger partial charge in [-0.2, -0.15) is 0 Å². The monoisotopic (exact) mass is 472 g/mol. The minimum Gasteiger partial charge on any atom is -0.356 e. The largest absolute Gasteiger partial charge is 0.356 e. The topological polar surface area (TPSA) is 32.4 Å². The Morgan fingerprint density at radius 2 is 1.59 bits per heavy atom. The fourth-order valence-electron chi connectivity index (χ4n) is 10.5. The van der Waals surface area contributed by atoms with Crippen LogP contribution in [-0.4, -0.2) is 22.9 Å². The second kappa shape index (κ2) is 8.73. The van der Waals surface area contributed by atoms with Crippen LogP contribution in [0.25, 0.3) is 0 Å². The first kappa shape index (κ1) is 25.5. The lowest BCUT2D eigenvalue weighted by Gasteiger charge is -2.62. The molecule has 1 spiro atoms. The molecule has 3 heteroatoms. The summed E-state index contributed by atoms with van der Waals surface area (Å²) in [6, 6.07) is 0. The Morgan fingerprint density at radius 1 is 0.853 bits per heavy atom. The van der Waals surface area contributed by atoms with E-state index < -0.39 is 5.72 Å². The van der Waals surface area contributed by atoms with Crippen LogP contribution in [0.4, 0.5) is 0 Å². The van der Waals surface area contributed by atoms with Gasteiger partial charge in [0.1, 0.15) is 5.72 Å². The Balaban J connectivity index is 1.29. The average Bonchev–Trinajstić information content (AvgIpc) is 3.24. The van der Waals surface area contributed by atoms with E-state index in [1.807, 2.05) is 0 Å². The highest BCUT2D eigenvalue weighted by molar-refractivity contribution is 5.12. The van der Waals surface area contributed by atoms with Gasteiger partial charge in [-0.1, -0.05) is 53.9 Å². The molecule has 0 bridgehead atoms. The number of fused-ring (bicyclic) bond motifs is 5. The summed E-state index contributed by atoms with van der Waals surface area (Å²) in [4.78, 5) is 0. The van der Waals surface area contributed by atoms with Crippen molar-refractivity contribution in [2.45, 2.75) is 137 Å². The Morgan fingerprint density at radius 3 is 2.26 bits per heavy atom. The van der Waals surface area contributed by atoms with E-state index in [-0.39, 0.29) is 5.54 Å². The van der Waals surface area contributed by atoms with Crippen LogP contribution in [0.1, 0.15) is 126 Å². The van der Waals surface area contributed by atoms with Crippen LogP contribution in [0.5, 0.6) is 0 Å². The molecular formula is C31H54NO2. The first-order valence-corrected chi connectivity index (χ1v) is 15.0. The second-order valence-corrected chi connectivity index (χ2v) is 15.2. The Kier molecular flexibility index (Phi) is 6.55. The van der Waals surface area contributed by atoms with Crippen molar-refractivity contribution < 1.29 is 9.94 Å². The highest BCUT2D eigenvalue weighted by Crippen LogP contribution is 2.69. The number of hydrogen-bond acceptors (Lipinski definition) is 2. The van der Waals surface area contributed by atoms with Crippen LogP contribution in [0, 0.1) is 52.3 Å². The first-order valence-electron chi connectivity index (χ1n) is 15.0. The maximum Gasteiger partial charge on any atom is 0.148 e. The minimum atomic E-state index is -0.534. The summed E-state index contributed by atoms with van der Waals surface area (Å²) in [7, 11) is 0. The molecule has 0 aromatic rings. The molecule has 0 N–H and O–H groups in total. The second-order valence-electron chi connectivity index (χ2n) is 15.2. The maximum atomic E-state index is 13.3. The fourth-order valence-corrected chi connectivity index (χ4v) is 10.5. The molecule has 0 amide bonds. The van der Waals surface area contributed by atoms with E-state index >= 15 is 0 Å². The Labute approximate surface area is 210 Å². The Hall–Kier alpha value is -0.120. The number of nitrogens with zero attached hydrogens (tertiary/aromatic N) is 1. The number of hydroxylamine groups is 2. The van der Waals surface area contributed by atoms with Crippen LogP contribution in [0.2, 0.25) is 0 Å². The fraction of sp³-hybridized carbons (Fsp3) is 1.00. The third kappa shape index (κ3) is 3.85. The zero-order valence-corrected chi connectivity index (χ0v) is 23.5. The molecule has 195 valence electrons. The van der Waals surface area contributed by atoms with E-state index in [9.17, 15) is 5.21 Å². The van der Waals surface area contributed by atoms with Gasteiger partial charge in [0.15, 0.2) is 0 Å². The molecule has 0 aromatic carbocycles. The molecule has 0 unspecified atom stereocenters. The molecule has 0 aromatic heterocycles. The van der Waals surface area contributed by atoms with Crippen molar-refractivity contribution in [1.82, 2.24) is 5.06 Å². The van der Waals surface area contributed by atoms with Crippen molar-refractivity contribution in [2.24, 2.45) is 52.3 Å². The SMILES string of the molecule is CC(C)CCC[C@@H](C)[C@H]1CC[C@H]2[C@@H]3CC[C@H]4C[C@]5(CC[C@]4(C)[C@H]3CC[C@]12C)OCC(C)(C)N5[O]. The molecule has 1 heterocycles. The molecule has 1 saturated heterocycles. The average molecular weight is 473 g/mol. The summed E-state index contributed by atoms with van der Waals surface area (Å²) >= 11 is 0. The maximum absolute atomic E-state index is 13.3. The van der Waals surface area contributed by atoms with E-state index in [0.717, 1.165) is 48.3 Å². The number of hydrogen-bond donors (Lipinski definition) is 0. The molecule has 1 aliphatic heterocycles. The smallest absolute Gasteiger partial charge is 0.148 e. The van der Waals surface area contributed by atoms with Gasteiger partial charge in [0.2, 0.25) is 0 Å². The lowest BCUT2D eigenvalue weighted by Crippen LogP contribution is -2.59. The molecule has 34 heavy (non-hydrogen) atoms. The quantitative estimate of drug-likeness (QED) is 0.403. The van der Waals surface area contributed by atoms with Crippen molar-refractivity contribution >= 4 is 0 Å². The van der Waals surface area contributed by atoms with Crippen molar-refractivity contribution in [3.63, 3.8) is 0 Å². The molecule has 9 atom stereocenters. The van der Waals surface area contributed by atoms with E-state index in [1.165, 1.54) is 69.3 Å². The zero-order chi connectivity index (χ0) is 24.5. The summed E-state index contributed by atoms with van der Waals surface area (Å²) in [6.45, 7) is 17.4. The van der Waals surface area contributed by atoms with Gasteiger partial charge >= 0.3 is 0 Å². The van der Waals surface area contributed by atoms with E-state index in [0.29, 0.717) is 23.4 Å². The summed E-state index contributed by atoms with van der Waals surface area (Å²) in [5.74, 6) is 6.05. The Bertz CT molecular complexity index is 750. The van der Waals surface area contributed by atoms with Crippen molar-refractivity contribution in [1.29, 1.82) is 0 Å². The van der Waals surface area contributed by atoms with Gasteiger partial charge in [-0.25, -0.2) is 0 Å². The van der Waals surface area contributed by atoms with E-state index in [1.54, 1.807) is 0 Å². The van der Waals surface area contributed by atoms with Crippen molar-refractivity contribution in [3.05, 3.63) is 0 Å². The highest BCUT2D eigenvalue weighted by atomic mass is 16.6. The summed E-state index contributed by atoms with van der Waals surface area (Å²) in [5, 5.41) is 14.6. The molecule has 4 aliphatic carbocycles. The van der Waals surface area contributed by atoms with Gasteiger partial charge in [0.05, 0.1) is 12.1 Å². The van der Waals surface area contributed by atoms with Gasteiger partial charge < -0.3 is 4.74 Å². The third-order valence-electron chi connectivity index (χ3n) is 12.5. The van der Waals surface area contributed by atoms with Crippen LogP contribution >= 0.6 is 0 Å². The molecule has 3 nitrogen and oxygen atoms in total. The van der Waals surface area contributed by atoms with Crippen LogP contribution < -0.4 is 0 Å². The molecule has 5 aliphatic rings. The van der Waals surface area contributed by atoms with Gasteiger partial charge in [-0.3, -0.25) is 0 Å². The van der Waals surface area contributed by atoms with Gasteiger partial charge in [-0.05, 0) is 124 Å². The van der Waals surface area contributed by atoms with E-state index in [2.05, 4.69) is 48.5 Å². The minimum absolute atomic E-state index is 0.373. The molecule has 5 rings (SSSR count). The van der Waals surface area contributed by atoms with Crippen molar-refractivity contribution in [2.75, 3.05) is 6.61 Å². The number of ether oxygens (including phenoxy) is 1. The molecule has 5 fully saturated rings. The number of rotatable bonds is 5. The lowest BCUT2D eigenvalue weighted by atomic mass is 9.44. The predicted molar refractivity (Wildman–Crippen MR) is 138 cm³/mol. The molecule has 1 radical (unpaired) electrons. The van der Waals surface area contributed by atoms with E-state index in [4.69, 9.17) is 4.74 Å². The molecular weight excluding hydrogens is 418 g/mol.